The minimum atomic E-state index is -4.28. The summed E-state index contributed by atoms with van der Waals surface area (Å²) in [5.41, 5.74) is 5.75. The SMILES string of the molecule is CSc1cc(CCCC(C)(C)N)cc(C(F)(F)F)c1. The van der Waals surface area contributed by atoms with Crippen molar-refractivity contribution in [3.63, 3.8) is 0 Å². The fraction of sp³-hybridized carbons (Fsp3) is 0.571. The summed E-state index contributed by atoms with van der Waals surface area (Å²) in [7, 11) is 0. The number of nitrogens with two attached hydrogens (primary N) is 1. The summed E-state index contributed by atoms with van der Waals surface area (Å²) in [4.78, 5) is 0.650. The number of benzene rings is 1. The van der Waals surface area contributed by atoms with Crippen molar-refractivity contribution in [1.29, 1.82) is 0 Å². The Hall–Kier alpha value is -0.680. The Labute approximate surface area is 116 Å². The zero-order chi connectivity index (χ0) is 14.7. The summed E-state index contributed by atoms with van der Waals surface area (Å²) < 4.78 is 38.3. The number of hydrogen-bond donors (Lipinski definition) is 1. The third-order valence-corrected chi connectivity index (χ3v) is 3.52. The van der Waals surface area contributed by atoms with Gasteiger partial charge in [0.25, 0.3) is 0 Å². The molecule has 0 fully saturated rings. The molecule has 108 valence electrons. The van der Waals surface area contributed by atoms with Crippen molar-refractivity contribution in [3.05, 3.63) is 29.3 Å². The molecule has 0 saturated heterocycles. The molecule has 0 aliphatic rings. The van der Waals surface area contributed by atoms with Gasteiger partial charge in [0.05, 0.1) is 5.56 Å². The molecule has 19 heavy (non-hydrogen) atoms. The molecule has 1 aromatic rings. The maximum atomic E-state index is 12.8. The van der Waals surface area contributed by atoms with Gasteiger partial charge < -0.3 is 5.73 Å². The highest BCUT2D eigenvalue weighted by Crippen LogP contribution is 2.33. The van der Waals surface area contributed by atoms with Crippen LogP contribution in [0, 0.1) is 0 Å². The van der Waals surface area contributed by atoms with Gasteiger partial charge in [-0.25, -0.2) is 0 Å². The Balaban J connectivity index is 2.83. The quantitative estimate of drug-likeness (QED) is 0.809. The van der Waals surface area contributed by atoms with Crippen LogP contribution >= 0.6 is 11.8 Å². The lowest BCUT2D eigenvalue weighted by Gasteiger charge is -2.18. The van der Waals surface area contributed by atoms with Crippen molar-refractivity contribution in [2.75, 3.05) is 6.26 Å². The van der Waals surface area contributed by atoms with Gasteiger partial charge in [-0.15, -0.1) is 11.8 Å². The molecule has 0 amide bonds. The summed E-state index contributed by atoms with van der Waals surface area (Å²) in [6.45, 7) is 3.85. The van der Waals surface area contributed by atoms with Crippen LogP contribution in [0.5, 0.6) is 0 Å². The van der Waals surface area contributed by atoms with Gasteiger partial charge in [-0.1, -0.05) is 0 Å². The van der Waals surface area contributed by atoms with Crippen molar-refractivity contribution in [2.24, 2.45) is 5.73 Å². The molecular formula is C14H20F3NS. The van der Waals surface area contributed by atoms with E-state index in [1.54, 1.807) is 6.26 Å². The topological polar surface area (TPSA) is 26.0 Å². The van der Waals surface area contributed by atoms with Crippen LogP contribution in [0.15, 0.2) is 23.1 Å². The highest BCUT2D eigenvalue weighted by Gasteiger charge is 2.31. The highest BCUT2D eigenvalue weighted by atomic mass is 32.2. The van der Waals surface area contributed by atoms with Gasteiger partial charge in [-0.2, -0.15) is 13.2 Å². The average molecular weight is 291 g/mol. The third-order valence-electron chi connectivity index (χ3n) is 2.82. The van der Waals surface area contributed by atoms with Crippen molar-refractivity contribution in [3.8, 4) is 0 Å². The van der Waals surface area contributed by atoms with Crippen LogP contribution < -0.4 is 5.73 Å². The first-order chi connectivity index (χ1) is 8.62. The molecular weight excluding hydrogens is 271 g/mol. The van der Waals surface area contributed by atoms with E-state index in [1.165, 1.54) is 23.9 Å². The number of halogens is 3. The molecule has 0 radical (unpaired) electrons. The number of hydrogen-bond acceptors (Lipinski definition) is 2. The van der Waals surface area contributed by atoms with Crippen LogP contribution in [0.1, 0.15) is 37.8 Å². The molecule has 5 heteroatoms. The minimum Gasteiger partial charge on any atom is -0.326 e. The molecule has 0 spiro atoms. The average Bonchev–Trinajstić information content (AvgIpc) is 2.25. The lowest BCUT2D eigenvalue weighted by atomic mass is 9.96. The van der Waals surface area contributed by atoms with E-state index in [-0.39, 0.29) is 5.54 Å². The maximum Gasteiger partial charge on any atom is 0.416 e. The van der Waals surface area contributed by atoms with Crippen LogP contribution in [-0.2, 0) is 12.6 Å². The zero-order valence-electron chi connectivity index (χ0n) is 11.5. The van der Waals surface area contributed by atoms with E-state index >= 15 is 0 Å². The summed E-state index contributed by atoms with van der Waals surface area (Å²) in [5.74, 6) is 0. The van der Waals surface area contributed by atoms with E-state index in [9.17, 15) is 13.2 Å². The third kappa shape index (κ3) is 5.87. The first-order valence-corrected chi connectivity index (χ1v) is 7.38. The number of thioether (sulfide) groups is 1. The van der Waals surface area contributed by atoms with E-state index in [2.05, 4.69) is 0 Å². The molecule has 1 aromatic carbocycles. The van der Waals surface area contributed by atoms with Gasteiger partial charge in [0.15, 0.2) is 0 Å². The predicted octanol–water partition coefficient (Wildman–Crippen LogP) is 4.49. The van der Waals surface area contributed by atoms with E-state index < -0.39 is 11.7 Å². The Morgan fingerprint density at radius 1 is 1.16 bits per heavy atom. The summed E-state index contributed by atoms with van der Waals surface area (Å²) in [5, 5.41) is 0. The largest absolute Gasteiger partial charge is 0.416 e. The van der Waals surface area contributed by atoms with Crippen molar-refractivity contribution >= 4 is 11.8 Å². The van der Waals surface area contributed by atoms with Crippen LogP contribution in [0.2, 0.25) is 0 Å². The van der Waals surface area contributed by atoms with Gasteiger partial charge in [0, 0.05) is 10.4 Å². The summed E-state index contributed by atoms with van der Waals surface area (Å²) >= 11 is 1.33. The molecule has 1 rings (SSSR count). The molecule has 0 bridgehead atoms. The fourth-order valence-electron chi connectivity index (χ4n) is 1.83. The van der Waals surface area contributed by atoms with Crippen LogP contribution in [0.25, 0.3) is 0 Å². The lowest BCUT2D eigenvalue weighted by molar-refractivity contribution is -0.137. The van der Waals surface area contributed by atoms with Crippen molar-refractivity contribution < 1.29 is 13.2 Å². The molecule has 0 aliphatic heterocycles. The molecule has 1 nitrogen and oxygen atoms in total. The molecule has 0 unspecified atom stereocenters. The molecule has 2 N–H and O–H groups in total. The number of aryl methyl sites for hydroxylation is 1. The van der Waals surface area contributed by atoms with E-state index in [4.69, 9.17) is 5.73 Å². The van der Waals surface area contributed by atoms with Crippen molar-refractivity contribution in [2.45, 2.75) is 49.7 Å². The highest BCUT2D eigenvalue weighted by molar-refractivity contribution is 7.98. The van der Waals surface area contributed by atoms with Crippen molar-refractivity contribution in [1.82, 2.24) is 0 Å². The molecule has 0 heterocycles. The second kappa shape index (κ2) is 6.18. The Kier molecular flexibility index (Phi) is 5.33. The Bertz CT molecular complexity index is 422. The molecule has 0 atom stereocenters. The molecule has 0 saturated carbocycles. The van der Waals surface area contributed by atoms with E-state index in [0.717, 1.165) is 18.4 Å². The van der Waals surface area contributed by atoms with Gasteiger partial charge >= 0.3 is 6.18 Å². The zero-order valence-corrected chi connectivity index (χ0v) is 12.3. The number of rotatable bonds is 5. The van der Waals surface area contributed by atoms with Gasteiger partial charge in [-0.3, -0.25) is 0 Å². The van der Waals surface area contributed by atoms with Gasteiger partial charge in [-0.05, 0) is 63.1 Å². The monoisotopic (exact) mass is 291 g/mol. The molecule has 0 aromatic heterocycles. The predicted molar refractivity (Wildman–Crippen MR) is 74.4 cm³/mol. The Morgan fingerprint density at radius 3 is 2.26 bits per heavy atom. The normalized spacial score (nSPS) is 12.8. The maximum absolute atomic E-state index is 12.8. The minimum absolute atomic E-state index is 0.274. The van der Waals surface area contributed by atoms with E-state index in [1.807, 2.05) is 19.9 Å². The van der Waals surface area contributed by atoms with Crippen LogP contribution in [-0.4, -0.2) is 11.8 Å². The Morgan fingerprint density at radius 2 is 1.79 bits per heavy atom. The smallest absolute Gasteiger partial charge is 0.326 e. The van der Waals surface area contributed by atoms with Crippen LogP contribution in [0.4, 0.5) is 13.2 Å². The first kappa shape index (κ1) is 16.4. The van der Waals surface area contributed by atoms with Gasteiger partial charge in [0.2, 0.25) is 0 Å². The second-order valence-corrected chi connectivity index (χ2v) is 6.29. The standard InChI is InChI=1S/C14H20F3NS/c1-13(2,18)6-4-5-10-7-11(14(15,16)17)9-12(8-10)19-3/h7-9H,4-6,18H2,1-3H3. The second-order valence-electron chi connectivity index (χ2n) is 5.41. The van der Waals surface area contributed by atoms with Gasteiger partial charge in [0.1, 0.15) is 0 Å². The van der Waals surface area contributed by atoms with E-state index in [0.29, 0.717) is 11.3 Å². The fourth-order valence-corrected chi connectivity index (χ4v) is 2.35. The van der Waals surface area contributed by atoms with Crippen LogP contribution in [0.3, 0.4) is 0 Å². The molecule has 0 aliphatic carbocycles. The number of alkyl halides is 3. The first-order valence-electron chi connectivity index (χ1n) is 6.16. The lowest BCUT2D eigenvalue weighted by Crippen LogP contribution is -2.31. The summed E-state index contributed by atoms with van der Waals surface area (Å²) in [6, 6.07) is 4.26. The summed E-state index contributed by atoms with van der Waals surface area (Å²) in [6.07, 6.45) is -0.301.